The minimum absolute atomic E-state index is 0.213. The van der Waals surface area contributed by atoms with Gasteiger partial charge in [-0.2, -0.15) is 0 Å². The lowest BCUT2D eigenvalue weighted by molar-refractivity contribution is -0.124. The molecule has 114 valence electrons. The van der Waals surface area contributed by atoms with Gasteiger partial charge in [0.2, 0.25) is 5.91 Å². The second kappa shape index (κ2) is 6.71. The van der Waals surface area contributed by atoms with Gasteiger partial charge in [0.05, 0.1) is 5.54 Å². The maximum absolute atomic E-state index is 11.7. The second-order valence-corrected chi connectivity index (χ2v) is 6.99. The van der Waals surface area contributed by atoms with Gasteiger partial charge in [-0.25, -0.2) is 0 Å². The number of carbonyl (C=O) groups is 1. The molecule has 0 radical (unpaired) electrons. The van der Waals surface area contributed by atoms with Crippen LogP contribution < -0.4 is 11.1 Å². The van der Waals surface area contributed by atoms with Crippen LogP contribution >= 0.6 is 0 Å². The molecule has 19 heavy (non-hydrogen) atoms. The summed E-state index contributed by atoms with van der Waals surface area (Å²) in [5, 5.41) is 3.22. The smallest absolute Gasteiger partial charge is 0.237 e. The maximum atomic E-state index is 11.7. The summed E-state index contributed by atoms with van der Waals surface area (Å²) in [4.78, 5) is 14.0. The van der Waals surface area contributed by atoms with Gasteiger partial charge < -0.3 is 16.0 Å². The van der Waals surface area contributed by atoms with Gasteiger partial charge in [0.25, 0.3) is 0 Å². The van der Waals surface area contributed by atoms with E-state index in [2.05, 4.69) is 51.9 Å². The minimum atomic E-state index is -0.639. The topological polar surface area (TPSA) is 58.4 Å². The van der Waals surface area contributed by atoms with E-state index in [9.17, 15) is 4.79 Å². The molecule has 0 aliphatic heterocycles. The van der Waals surface area contributed by atoms with Crippen LogP contribution in [0.4, 0.5) is 0 Å². The number of nitrogens with zero attached hydrogens (tertiary/aromatic N) is 1. The number of nitrogens with one attached hydrogen (secondary N) is 1. The molecule has 3 unspecified atom stereocenters. The summed E-state index contributed by atoms with van der Waals surface area (Å²) in [6.07, 6.45) is 0.715. The third-order valence-electron chi connectivity index (χ3n) is 4.37. The Morgan fingerprint density at radius 3 is 2.05 bits per heavy atom. The monoisotopic (exact) mass is 271 g/mol. The van der Waals surface area contributed by atoms with Crippen molar-refractivity contribution in [3.05, 3.63) is 0 Å². The number of hydrogen-bond donors (Lipinski definition) is 2. The summed E-state index contributed by atoms with van der Waals surface area (Å²) in [5.74, 6) is -0.280. The summed E-state index contributed by atoms with van der Waals surface area (Å²) in [7, 11) is 2.12. The van der Waals surface area contributed by atoms with E-state index in [1.165, 1.54) is 0 Å². The molecule has 0 saturated heterocycles. The van der Waals surface area contributed by atoms with Crippen LogP contribution in [0.1, 0.15) is 54.9 Å². The molecule has 0 aliphatic rings. The van der Waals surface area contributed by atoms with Crippen molar-refractivity contribution in [2.24, 2.45) is 11.1 Å². The quantitative estimate of drug-likeness (QED) is 0.744. The first-order valence-corrected chi connectivity index (χ1v) is 7.22. The van der Waals surface area contributed by atoms with Crippen LogP contribution in [0.5, 0.6) is 0 Å². The first kappa shape index (κ1) is 18.4. The molecular weight excluding hydrogens is 238 g/mol. The molecule has 0 heterocycles. The lowest BCUT2D eigenvalue weighted by Gasteiger charge is -2.41. The van der Waals surface area contributed by atoms with Crippen molar-refractivity contribution in [3.8, 4) is 0 Å². The van der Waals surface area contributed by atoms with Crippen molar-refractivity contribution < 1.29 is 4.79 Å². The zero-order valence-electron chi connectivity index (χ0n) is 14.0. The average molecular weight is 271 g/mol. The zero-order valence-corrected chi connectivity index (χ0v) is 14.0. The number of rotatable bonds is 7. The van der Waals surface area contributed by atoms with E-state index >= 15 is 0 Å². The Kier molecular flexibility index (Phi) is 6.49. The van der Waals surface area contributed by atoms with Gasteiger partial charge in [-0.3, -0.25) is 4.79 Å². The fourth-order valence-corrected chi connectivity index (χ4v) is 2.38. The molecule has 4 nitrogen and oxygen atoms in total. The van der Waals surface area contributed by atoms with E-state index in [1.807, 2.05) is 13.8 Å². The fourth-order valence-electron chi connectivity index (χ4n) is 2.38. The first-order valence-electron chi connectivity index (χ1n) is 7.22. The Balaban J connectivity index is 4.83. The lowest BCUT2D eigenvalue weighted by Crippen LogP contribution is -2.57. The summed E-state index contributed by atoms with van der Waals surface area (Å²) >= 11 is 0. The van der Waals surface area contributed by atoms with Crippen molar-refractivity contribution in [1.82, 2.24) is 10.2 Å². The van der Waals surface area contributed by atoms with Gasteiger partial charge >= 0.3 is 0 Å². The van der Waals surface area contributed by atoms with Crippen molar-refractivity contribution in [3.63, 3.8) is 0 Å². The normalized spacial score (nSPS) is 19.0. The van der Waals surface area contributed by atoms with Crippen LogP contribution in [0.15, 0.2) is 0 Å². The summed E-state index contributed by atoms with van der Waals surface area (Å²) in [6.45, 7) is 15.7. The largest absolute Gasteiger partial charge is 0.368 e. The highest BCUT2D eigenvalue weighted by molar-refractivity contribution is 5.84. The maximum Gasteiger partial charge on any atom is 0.237 e. The third kappa shape index (κ3) is 5.11. The molecule has 3 atom stereocenters. The highest BCUT2D eigenvalue weighted by Gasteiger charge is 2.35. The standard InChI is InChI=1S/C15H33N3O/c1-9-17-15(7,13(16)19)10-11(2)18(8)12(3)14(4,5)6/h11-12,17H,9-10H2,1-8H3,(H2,16,19). The van der Waals surface area contributed by atoms with Crippen molar-refractivity contribution in [1.29, 1.82) is 0 Å². The van der Waals surface area contributed by atoms with Gasteiger partial charge in [-0.15, -0.1) is 0 Å². The van der Waals surface area contributed by atoms with Crippen LogP contribution in [0.3, 0.4) is 0 Å². The number of likely N-dealkylation sites (N-methyl/N-ethyl adjacent to an activating group) is 1. The Labute approximate surface area is 119 Å². The van der Waals surface area contributed by atoms with E-state index in [4.69, 9.17) is 5.73 Å². The van der Waals surface area contributed by atoms with Gasteiger partial charge in [-0.05, 0) is 46.2 Å². The predicted molar refractivity (Wildman–Crippen MR) is 82.0 cm³/mol. The SMILES string of the molecule is CCNC(C)(CC(C)N(C)C(C)C(C)(C)C)C(N)=O. The van der Waals surface area contributed by atoms with Crippen LogP contribution in [0, 0.1) is 5.41 Å². The number of primary amides is 1. The number of nitrogens with two attached hydrogens (primary N) is 1. The third-order valence-corrected chi connectivity index (χ3v) is 4.37. The minimum Gasteiger partial charge on any atom is -0.368 e. The molecule has 0 aromatic heterocycles. The number of amides is 1. The predicted octanol–water partition coefficient (Wildman–Crippen LogP) is 1.98. The van der Waals surface area contributed by atoms with Crippen molar-refractivity contribution in [2.75, 3.05) is 13.6 Å². The molecule has 4 heteroatoms. The molecule has 0 fully saturated rings. The molecule has 0 aromatic carbocycles. The highest BCUT2D eigenvalue weighted by atomic mass is 16.1. The van der Waals surface area contributed by atoms with E-state index in [0.29, 0.717) is 12.5 Å². The Bertz CT molecular complexity index is 298. The van der Waals surface area contributed by atoms with E-state index in [-0.39, 0.29) is 17.4 Å². The van der Waals surface area contributed by atoms with Gasteiger partial charge in [0.15, 0.2) is 0 Å². The fraction of sp³-hybridized carbons (Fsp3) is 0.933. The molecule has 0 bridgehead atoms. The molecule has 1 amide bonds. The number of hydrogen-bond acceptors (Lipinski definition) is 3. The molecule has 0 aromatic rings. The highest BCUT2D eigenvalue weighted by Crippen LogP contribution is 2.26. The van der Waals surface area contributed by atoms with Crippen molar-refractivity contribution >= 4 is 5.91 Å². The van der Waals surface area contributed by atoms with Crippen LogP contribution in [0.25, 0.3) is 0 Å². The van der Waals surface area contributed by atoms with Crippen LogP contribution in [-0.2, 0) is 4.79 Å². The zero-order chi connectivity index (χ0) is 15.4. The van der Waals surface area contributed by atoms with Crippen LogP contribution in [-0.4, -0.2) is 42.0 Å². The molecule has 0 saturated carbocycles. The number of carbonyl (C=O) groups excluding carboxylic acids is 1. The Hall–Kier alpha value is -0.610. The Morgan fingerprint density at radius 2 is 1.74 bits per heavy atom. The summed E-state index contributed by atoms with van der Waals surface area (Å²) < 4.78 is 0. The average Bonchev–Trinajstić information content (AvgIpc) is 2.25. The second-order valence-electron chi connectivity index (χ2n) is 6.99. The van der Waals surface area contributed by atoms with Crippen molar-refractivity contribution in [2.45, 2.75) is 72.5 Å². The van der Waals surface area contributed by atoms with E-state index in [1.54, 1.807) is 0 Å². The van der Waals surface area contributed by atoms with Gasteiger partial charge in [-0.1, -0.05) is 27.7 Å². The van der Waals surface area contributed by atoms with E-state index < -0.39 is 5.54 Å². The van der Waals surface area contributed by atoms with Crippen LogP contribution in [0.2, 0.25) is 0 Å². The molecule has 0 spiro atoms. The Morgan fingerprint density at radius 1 is 1.26 bits per heavy atom. The van der Waals surface area contributed by atoms with Gasteiger partial charge in [0.1, 0.15) is 0 Å². The molecule has 3 N–H and O–H groups in total. The van der Waals surface area contributed by atoms with E-state index in [0.717, 1.165) is 6.54 Å². The summed E-state index contributed by atoms with van der Waals surface area (Å²) in [6, 6.07) is 0.715. The molecular formula is C15H33N3O. The summed E-state index contributed by atoms with van der Waals surface area (Å²) in [5.41, 5.74) is 5.12. The van der Waals surface area contributed by atoms with Gasteiger partial charge in [0, 0.05) is 12.1 Å². The molecule has 0 rings (SSSR count). The molecule has 0 aliphatic carbocycles. The first-order chi connectivity index (χ1) is 8.45. The lowest BCUT2D eigenvalue weighted by atomic mass is 9.85.